The third-order valence-corrected chi connectivity index (χ3v) is 8.40. The lowest BCUT2D eigenvalue weighted by atomic mass is 10.1. The Kier molecular flexibility index (Phi) is 11.4. The number of phosphoric ester groups is 1. The van der Waals surface area contributed by atoms with Gasteiger partial charge < -0.3 is 60.4 Å². The number of anilines is 1. The van der Waals surface area contributed by atoms with Gasteiger partial charge in [0.1, 0.15) is 30.5 Å². The van der Waals surface area contributed by atoms with Gasteiger partial charge in [0.05, 0.1) is 19.5 Å². The molecule has 0 radical (unpaired) electrons. The van der Waals surface area contributed by atoms with E-state index in [4.69, 9.17) is 40.5 Å². The molecule has 8 atom stereocenters. The highest BCUT2D eigenvalue weighted by atomic mass is 31.3. The molecule has 3 heterocycles. The summed E-state index contributed by atoms with van der Waals surface area (Å²) in [5.74, 6) is -0.276. The van der Waals surface area contributed by atoms with Gasteiger partial charge in [0, 0.05) is 0 Å². The highest BCUT2D eigenvalue weighted by Crippen LogP contribution is 2.66. The number of H-pyrrole nitrogens is 1. The number of imidazole rings is 1. The maximum absolute atomic E-state index is 11.9. The summed E-state index contributed by atoms with van der Waals surface area (Å²) in [4.78, 5) is 66.9. The number of aromatic amines is 1. The molecule has 1 fully saturated rings. The lowest BCUT2D eigenvalue weighted by Gasteiger charge is -2.19. The van der Waals surface area contributed by atoms with Crippen LogP contribution in [-0.2, 0) is 36.4 Å². The number of nitrogens with zero attached hydrogens (tertiary/aromatic N) is 3. The van der Waals surface area contributed by atoms with Gasteiger partial charge in [-0.05, 0) is 0 Å². The molecule has 23 nitrogen and oxygen atoms in total. The third kappa shape index (κ3) is 9.26. The molecule has 40 heavy (non-hydrogen) atoms. The topological polar surface area (TPSA) is 377 Å². The number of nitrogens with one attached hydrogen (secondary N) is 1. The molecule has 3 rings (SSSR count). The van der Waals surface area contributed by atoms with Gasteiger partial charge in [-0.15, -0.1) is 0 Å². The number of nitrogen functional groups attached to an aromatic ring is 1. The summed E-state index contributed by atoms with van der Waals surface area (Å²) in [6, 6.07) is 0. The van der Waals surface area contributed by atoms with E-state index in [0.717, 1.165) is 10.9 Å². The number of aromatic nitrogens is 4. The minimum atomic E-state index is -5.73. The Morgan fingerprint density at radius 2 is 1.75 bits per heavy atom. The summed E-state index contributed by atoms with van der Waals surface area (Å²) >= 11 is 0. The number of hydrogen-bond acceptors (Lipinski definition) is 17. The molecule has 0 aliphatic carbocycles. The Bertz CT molecular complexity index is 1380. The first-order chi connectivity index (χ1) is 18.3. The zero-order valence-corrected chi connectivity index (χ0v) is 22.2. The highest BCUT2D eigenvalue weighted by Gasteiger charge is 2.47. The molecular formula is C14H24N5O18P3. The van der Waals surface area contributed by atoms with Crippen LogP contribution < -0.4 is 11.3 Å². The first-order valence-corrected chi connectivity index (χ1v) is 14.8. The first-order valence-electron chi connectivity index (χ1n) is 10.3. The second-order valence-electron chi connectivity index (χ2n) is 7.58. The Labute approximate surface area is 220 Å². The largest absolute Gasteiger partial charge is 0.490 e. The average Bonchev–Trinajstić information content (AvgIpc) is 3.35. The van der Waals surface area contributed by atoms with Gasteiger partial charge in [0.15, 0.2) is 23.7 Å². The highest BCUT2D eigenvalue weighted by molar-refractivity contribution is 7.66. The number of hydrogen-bond donors (Lipinski definition) is 11. The number of ether oxygens (including phenoxy) is 1. The Morgan fingerprint density at radius 3 is 2.27 bits per heavy atom. The first kappa shape index (κ1) is 34.2. The number of nitrogens with two attached hydrogens (primary N) is 1. The van der Waals surface area contributed by atoms with E-state index < -0.39 is 79.0 Å². The standard InChI is InChI=1S/C10H16N5O14P3.C4H8O4/c11-10-13-7-4(8(18)14-10)12-2-15(7)9-6(17)5(16)3(27-9)1-26-31(22,23)29-32(24,25)28-30(19,20)21;5-1-3(7)4(8)2-6/h2-3,5-6,9,16-17H,1H2,(H,22,23)(H,24,25)(H2,19,20,21)(H3,11,13,14,18);1,3-4,6-8H,2H2/t3-,5-,6-,9-;/m1./s1. The van der Waals surface area contributed by atoms with Gasteiger partial charge in [0.2, 0.25) is 5.95 Å². The smallest absolute Gasteiger partial charge is 0.394 e. The molecule has 0 bridgehead atoms. The zero-order chi connectivity index (χ0) is 30.6. The summed E-state index contributed by atoms with van der Waals surface area (Å²) < 4.78 is 51.6. The van der Waals surface area contributed by atoms with Crippen molar-refractivity contribution >= 4 is 46.9 Å². The van der Waals surface area contributed by atoms with Crippen molar-refractivity contribution in [2.75, 3.05) is 18.9 Å². The normalized spacial score (nSPS) is 25.8. The average molecular weight is 643 g/mol. The molecule has 26 heteroatoms. The molecule has 2 aromatic rings. The Morgan fingerprint density at radius 1 is 1.12 bits per heavy atom. The van der Waals surface area contributed by atoms with Crippen LogP contribution in [0.4, 0.5) is 5.95 Å². The van der Waals surface area contributed by atoms with E-state index in [9.17, 15) is 38.4 Å². The van der Waals surface area contributed by atoms with Gasteiger partial charge in [0.25, 0.3) is 5.56 Å². The molecule has 0 saturated carbocycles. The van der Waals surface area contributed by atoms with Gasteiger partial charge in [-0.25, -0.2) is 18.7 Å². The molecule has 228 valence electrons. The molecule has 1 saturated heterocycles. The van der Waals surface area contributed by atoms with Crippen molar-refractivity contribution in [3.05, 3.63) is 16.7 Å². The molecule has 0 spiro atoms. The summed E-state index contributed by atoms with van der Waals surface area (Å²) in [6.45, 7) is -1.61. The molecule has 0 amide bonds. The van der Waals surface area contributed by atoms with Crippen LogP contribution in [0.25, 0.3) is 11.2 Å². The Balaban J connectivity index is 0.000000611. The van der Waals surface area contributed by atoms with Crippen LogP contribution in [0.1, 0.15) is 6.23 Å². The molecule has 1 aliphatic heterocycles. The fourth-order valence-corrected chi connectivity index (χ4v) is 5.93. The monoisotopic (exact) mass is 643 g/mol. The van der Waals surface area contributed by atoms with Crippen LogP contribution >= 0.6 is 23.5 Å². The maximum atomic E-state index is 11.9. The summed E-state index contributed by atoms with van der Waals surface area (Å²) in [7, 11) is -16.8. The van der Waals surface area contributed by atoms with Crippen molar-refractivity contribution < 1.29 is 81.5 Å². The lowest BCUT2D eigenvalue weighted by Crippen LogP contribution is -2.33. The van der Waals surface area contributed by atoms with E-state index in [2.05, 4.69) is 28.1 Å². The number of carbonyl (C=O) groups is 1. The number of aldehydes is 1. The van der Waals surface area contributed by atoms with E-state index in [1.807, 2.05) is 0 Å². The molecule has 0 aromatic carbocycles. The zero-order valence-electron chi connectivity index (χ0n) is 19.5. The van der Waals surface area contributed by atoms with Gasteiger partial charge >= 0.3 is 23.5 Å². The van der Waals surface area contributed by atoms with E-state index in [1.165, 1.54) is 0 Å². The fourth-order valence-electron chi connectivity index (χ4n) is 2.90. The van der Waals surface area contributed by atoms with Gasteiger partial charge in [-0.1, -0.05) is 0 Å². The van der Waals surface area contributed by atoms with Gasteiger partial charge in [-0.2, -0.15) is 13.6 Å². The quantitative estimate of drug-likeness (QED) is 0.0812. The molecule has 1 aliphatic rings. The van der Waals surface area contributed by atoms with Crippen molar-refractivity contribution in [1.29, 1.82) is 0 Å². The second-order valence-corrected chi connectivity index (χ2v) is 12.0. The number of aliphatic hydroxyl groups is 5. The van der Waals surface area contributed by atoms with E-state index in [0.29, 0.717) is 0 Å². The molecule has 4 unspecified atom stereocenters. The van der Waals surface area contributed by atoms with Crippen LogP contribution in [0.2, 0.25) is 0 Å². The maximum Gasteiger partial charge on any atom is 0.490 e. The second kappa shape index (κ2) is 13.3. The molecular weight excluding hydrogens is 619 g/mol. The SMILES string of the molecule is Nc1nc2c(ncn2[C@@H]2O[C@H](COP(=O)(O)OP(=O)(O)OP(=O)(O)O)[C@@H](O)[C@H]2O)c(=O)[nH]1.O=CC(O)C(O)CO. The van der Waals surface area contributed by atoms with Crippen molar-refractivity contribution in [3.8, 4) is 0 Å². The Hall–Kier alpha value is -2.01. The summed E-state index contributed by atoms with van der Waals surface area (Å²) in [6.07, 6.45) is -7.96. The molecule has 12 N–H and O–H groups in total. The van der Waals surface area contributed by atoms with Gasteiger partial charge in [-0.3, -0.25) is 18.9 Å². The predicted molar refractivity (Wildman–Crippen MR) is 123 cm³/mol. The summed E-state index contributed by atoms with van der Waals surface area (Å²) in [5.41, 5.74) is 4.50. The number of carbonyl (C=O) groups excluding carboxylic acids is 1. The van der Waals surface area contributed by atoms with Crippen molar-refractivity contribution in [3.63, 3.8) is 0 Å². The number of phosphoric acid groups is 3. The predicted octanol–water partition coefficient (Wildman–Crippen LogP) is -4.44. The minimum absolute atomic E-state index is 0.115. The fraction of sp³-hybridized carbons (Fsp3) is 0.571. The van der Waals surface area contributed by atoms with E-state index in [-0.39, 0.29) is 23.4 Å². The lowest BCUT2D eigenvalue weighted by molar-refractivity contribution is -0.121. The van der Waals surface area contributed by atoms with Crippen LogP contribution in [0.15, 0.2) is 11.1 Å². The summed E-state index contributed by atoms with van der Waals surface area (Å²) in [5, 5.41) is 45.2. The van der Waals surface area contributed by atoms with Crippen LogP contribution in [0.5, 0.6) is 0 Å². The van der Waals surface area contributed by atoms with E-state index in [1.54, 1.807) is 0 Å². The minimum Gasteiger partial charge on any atom is -0.394 e. The third-order valence-electron chi connectivity index (χ3n) is 4.60. The van der Waals surface area contributed by atoms with Crippen molar-refractivity contribution in [2.24, 2.45) is 0 Å². The van der Waals surface area contributed by atoms with Crippen molar-refractivity contribution in [2.45, 2.75) is 36.7 Å². The van der Waals surface area contributed by atoms with Crippen LogP contribution in [-0.4, -0.2) is 115 Å². The van der Waals surface area contributed by atoms with Crippen LogP contribution in [0, 0.1) is 0 Å². The van der Waals surface area contributed by atoms with Crippen LogP contribution in [0.3, 0.4) is 0 Å². The number of fused-ring (bicyclic) bond motifs is 1. The van der Waals surface area contributed by atoms with Crippen molar-refractivity contribution in [1.82, 2.24) is 19.5 Å². The number of aliphatic hydroxyl groups excluding tert-OH is 5. The van der Waals surface area contributed by atoms with E-state index >= 15 is 0 Å². The number of rotatable bonds is 11. The molecule has 2 aromatic heterocycles.